The Bertz CT molecular complexity index is 1250. The minimum Gasteiger partial charge on any atom is -0.475 e. The number of nitrogens with one attached hydrogen (secondary N) is 2. The van der Waals surface area contributed by atoms with Gasteiger partial charge in [0, 0.05) is 24.2 Å². The van der Waals surface area contributed by atoms with Crippen molar-refractivity contribution < 1.29 is 37.3 Å². The predicted molar refractivity (Wildman–Crippen MR) is 110 cm³/mol. The van der Waals surface area contributed by atoms with E-state index in [4.69, 9.17) is 31.0 Å². The second kappa shape index (κ2) is 9.61. The second-order valence-corrected chi connectivity index (χ2v) is 6.66. The molecule has 0 spiro atoms. The van der Waals surface area contributed by atoms with Crippen molar-refractivity contribution in [2.24, 2.45) is 0 Å². The maximum Gasteiger partial charge on any atom is 0.490 e. The van der Waals surface area contributed by atoms with Crippen LogP contribution < -0.4 is 20.3 Å². The lowest BCUT2D eigenvalue weighted by atomic mass is 10.1. The number of amides is 1. The number of carbonyl (C=O) groups excluding carboxylic acids is 1. The van der Waals surface area contributed by atoms with E-state index in [0.717, 1.165) is 11.1 Å². The molecule has 1 aromatic carbocycles. The van der Waals surface area contributed by atoms with Gasteiger partial charge >= 0.3 is 12.1 Å². The van der Waals surface area contributed by atoms with Gasteiger partial charge in [0.05, 0.1) is 10.6 Å². The van der Waals surface area contributed by atoms with Crippen molar-refractivity contribution in [3.8, 4) is 22.6 Å². The number of hydrogen-bond donors (Lipinski definition) is 3. The number of anilines is 1. The van der Waals surface area contributed by atoms with Gasteiger partial charge < -0.3 is 24.9 Å². The number of H-pyrrole nitrogens is 1. The third-order valence-corrected chi connectivity index (χ3v) is 4.51. The summed E-state index contributed by atoms with van der Waals surface area (Å²) >= 11 is 6.22. The molecule has 3 N–H and O–H groups in total. The number of fused-ring (bicyclic) bond motifs is 1. The van der Waals surface area contributed by atoms with Crippen molar-refractivity contribution in [2.75, 3.05) is 12.1 Å². The van der Waals surface area contributed by atoms with Crippen LogP contribution in [-0.4, -0.2) is 39.9 Å². The fourth-order valence-corrected chi connectivity index (χ4v) is 2.89. The van der Waals surface area contributed by atoms with Crippen LogP contribution in [0.1, 0.15) is 10.4 Å². The average molecular weight is 484 g/mol. The Hall–Kier alpha value is -4.06. The van der Waals surface area contributed by atoms with Crippen LogP contribution in [0.2, 0.25) is 5.02 Å². The quantitative estimate of drug-likeness (QED) is 0.517. The van der Waals surface area contributed by atoms with Crippen molar-refractivity contribution in [3.05, 3.63) is 69.9 Å². The third-order valence-electron chi connectivity index (χ3n) is 4.13. The number of rotatable bonds is 3. The Morgan fingerprint density at radius 3 is 2.42 bits per heavy atom. The molecule has 0 saturated carbocycles. The zero-order chi connectivity index (χ0) is 24.2. The zero-order valence-corrected chi connectivity index (χ0v) is 17.0. The fourth-order valence-electron chi connectivity index (χ4n) is 2.59. The van der Waals surface area contributed by atoms with E-state index in [-0.39, 0.29) is 23.1 Å². The second-order valence-electron chi connectivity index (χ2n) is 6.28. The van der Waals surface area contributed by atoms with Crippen molar-refractivity contribution >= 4 is 29.2 Å². The lowest BCUT2D eigenvalue weighted by Crippen LogP contribution is -2.21. The largest absolute Gasteiger partial charge is 0.490 e. The molecule has 1 amide bonds. The molecule has 172 valence electrons. The van der Waals surface area contributed by atoms with Gasteiger partial charge in [0.1, 0.15) is 5.69 Å². The standard InChI is InChI=1S/C18H12ClN3O4.C2HF3O2/c19-15-12(1-2-14-16(15)26-9-25-14)17(23)22-13-7-11(8-21-18(13)24)10-3-5-20-6-4-10;3-2(4,5)1(6)7/h1-8H,9H2,(H,21,24)(H,22,23);(H,6,7). The smallest absolute Gasteiger partial charge is 0.475 e. The maximum atomic E-state index is 12.6. The van der Waals surface area contributed by atoms with Crippen LogP contribution in [0.25, 0.3) is 11.1 Å². The number of ether oxygens (including phenoxy) is 2. The molecule has 3 heterocycles. The van der Waals surface area contributed by atoms with Crippen molar-refractivity contribution in [1.29, 1.82) is 0 Å². The SMILES string of the molecule is O=C(Nc1cc(-c2ccncc2)c[nH]c1=O)c1ccc2c(c1Cl)OCO2.O=C(O)C(F)(F)F. The molecule has 9 nitrogen and oxygen atoms in total. The molecule has 13 heteroatoms. The molecule has 0 unspecified atom stereocenters. The van der Waals surface area contributed by atoms with Crippen LogP contribution in [0, 0.1) is 0 Å². The van der Waals surface area contributed by atoms with Gasteiger partial charge in [-0.3, -0.25) is 14.6 Å². The number of halogens is 4. The summed E-state index contributed by atoms with van der Waals surface area (Å²) in [6, 6.07) is 8.31. The van der Waals surface area contributed by atoms with Gasteiger partial charge in [-0.05, 0) is 35.9 Å². The van der Waals surface area contributed by atoms with Crippen LogP contribution in [0.15, 0.2) is 53.7 Å². The van der Waals surface area contributed by atoms with E-state index in [1.807, 2.05) is 0 Å². The van der Waals surface area contributed by atoms with E-state index < -0.39 is 23.6 Å². The summed E-state index contributed by atoms with van der Waals surface area (Å²) in [4.78, 5) is 40.1. The average Bonchev–Trinajstić information content (AvgIpc) is 3.26. The monoisotopic (exact) mass is 483 g/mol. The van der Waals surface area contributed by atoms with Crippen molar-refractivity contribution in [3.63, 3.8) is 0 Å². The van der Waals surface area contributed by atoms with E-state index >= 15 is 0 Å². The van der Waals surface area contributed by atoms with E-state index in [1.54, 1.807) is 42.9 Å². The molecule has 0 saturated heterocycles. The molecule has 0 bridgehead atoms. The van der Waals surface area contributed by atoms with Crippen LogP contribution in [-0.2, 0) is 4.79 Å². The molecule has 1 aliphatic heterocycles. The zero-order valence-electron chi connectivity index (χ0n) is 16.3. The molecule has 4 rings (SSSR count). The van der Waals surface area contributed by atoms with Crippen LogP contribution in [0.3, 0.4) is 0 Å². The Morgan fingerprint density at radius 2 is 1.79 bits per heavy atom. The van der Waals surface area contributed by atoms with Gasteiger partial charge in [0.15, 0.2) is 11.5 Å². The number of alkyl halides is 3. The summed E-state index contributed by atoms with van der Waals surface area (Å²) in [7, 11) is 0. The molecule has 0 atom stereocenters. The summed E-state index contributed by atoms with van der Waals surface area (Å²) in [5.74, 6) is -2.49. The highest BCUT2D eigenvalue weighted by Crippen LogP contribution is 2.40. The van der Waals surface area contributed by atoms with E-state index in [9.17, 15) is 22.8 Å². The molecular weight excluding hydrogens is 471 g/mol. The first-order chi connectivity index (χ1) is 15.6. The number of aliphatic carboxylic acids is 1. The van der Waals surface area contributed by atoms with E-state index in [0.29, 0.717) is 11.5 Å². The van der Waals surface area contributed by atoms with Crippen molar-refractivity contribution in [1.82, 2.24) is 9.97 Å². The lowest BCUT2D eigenvalue weighted by Gasteiger charge is -2.09. The molecule has 33 heavy (non-hydrogen) atoms. The number of carbonyl (C=O) groups is 2. The van der Waals surface area contributed by atoms with E-state index in [2.05, 4.69) is 15.3 Å². The molecule has 0 aliphatic carbocycles. The first-order valence-corrected chi connectivity index (χ1v) is 9.28. The van der Waals surface area contributed by atoms with Crippen LogP contribution in [0.5, 0.6) is 11.5 Å². The van der Waals surface area contributed by atoms with Crippen molar-refractivity contribution in [2.45, 2.75) is 6.18 Å². The molecule has 3 aromatic rings. The van der Waals surface area contributed by atoms with Gasteiger partial charge in [0.2, 0.25) is 6.79 Å². The van der Waals surface area contributed by atoms with Gasteiger partial charge in [-0.2, -0.15) is 13.2 Å². The predicted octanol–water partition coefficient (Wildman–Crippen LogP) is 3.70. The maximum absolute atomic E-state index is 12.6. The van der Waals surface area contributed by atoms with Gasteiger partial charge in [-0.15, -0.1) is 0 Å². The number of aromatic nitrogens is 2. The normalized spacial score (nSPS) is 11.9. The van der Waals surface area contributed by atoms with Gasteiger partial charge in [-0.25, -0.2) is 4.79 Å². The van der Waals surface area contributed by atoms with Crippen LogP contribution >= 0.6 is 11.6 Å². The first kappa shape index (κ1) is 23.6. The first-order valence-electron chi connectivity index (χ1n) is 8.90. The molecular formula is C20H13ClF3N3O6. The lowest BCUT2D eigenvalue weighted by molar-refractivity contribution is -0.192. The Kier molecular flexibility index (Phi) is 6.87. The summed E-state index contributed by atoms with van der Waals surface area (Å²) in [5.41, 5.74) is 1.46. The van der Waals surface area contributed by atoms with Gasteiger partial charge in [-0.1, -0.05) is 11.6 Å². The molecule has 2 aromatic heterocycles. The Morgan fingerprint density at radius 1 is 1.12 bits per heavy atom. The number of aromatic amines is 1. The highest BCUT2D eigenvalue weighted by molar-refractivity contribution is 6.36. The third kappa shape index (κ3) is 5.60. The number of benzene rings is 1. The molecule has 0 radical (unpaired) electrons. The molecule has 0 fully saturated rings. The Labute approximate surface area is 187 Å². The minimum atomic E-state index is -5.08. The number of hydrogen-bond acceptors (Lipinski definition) is 6. The topological polar surface area (TPSA) is 131 Å². The number of carboxylic acids is 1. The van der Waals surface area contributed by atoms with Crippen LogP contribution in [0.4, 0.5) is 18.9 Å². The Balaban J connectivity index is 0.000000383. The minimum absolute atomic E-state index is 0.0494. The summed E-state index contributed by atoms with van der Waals surface area (Å²) in [6.07, 6.45) is -0.225. The highest BCUT2D eigenvalue weighted by Gasteiger charge is 2.38. The summed E-state index contributed by atoms with van der Waals surface area (Å²) in [6.45, 7) is 0.0494. The summed E-state index contributed by atoms with van der Waals surface area (Å²) in [5, 5.41) is 9.85. The number of nitrogens with zero attached hydrogens (tertiary/aromatic N) is 1. The highest BCUT2D eigenvalue weighted by atomic mass is 35.5. The number of pyridine rings is 2. The molecule has 1 aliphatic rings. The van der Waals surface area contributed by atoms with Gasteiger partial charge in [0.25, 0.3) is 11.5 Å². The van der Waals surface area contributed by atoms with E-state index in [1.165, 1.54) is 6.07 Å². The fraction of sp³-hybridized carbons (Fsp3) is 0.100. The number of carboxylic acid groups (broad SMARTS) is 1. The summed E-state index contributed by atoms with van der Waals surface area (Å²) < 4.78 is 42.2.